The molecule has 1 saturated carbocycles. The van der Waals surface area contributed by atoms with E-state index in [4.69, 9.17) is 0 Å². The fraction of sp³-hybridized carbons (Fsp3) is 0.474. The monoisotopic (exact) mass is 312 g/mol. The smallest absolute Gasteiger partial charge is 0.309 e. The molecule has 0 bridgehead atoms. The SMILES string of the molecule is CCc1cccc(-n2ccn(CC3CCCCC3)c(=O)c2=O)c1. The van der Waals surface area contributed by atoms with E-state index in [0.29, 0.717) is 12.5 Å². The molecule has 0 amide bonds. The van der Waals surface area contributed by atoms with Crippen molar-refractivity contribution in [3.8, 4) is 5.69 Å². The summed E-state index contributed by atoms with van der Waals surface area (Å²) in [7, 11) is 0. The van der Waals surface area contributed by atoms with Crippen molar-refractivity contribution in [2.45, 2.75) is 52.0 Å². The Kier molecular flexibility index (Phi) is 4.79. The van der Waals surface area contributed by atoms with E-state index in [1.54, 1.807) is 17.0 Å². The summed E-state index contributed by atoms with van der Waals surface area (Å²) >= 11 is 0. The predicted molar refractivity (Wildman–Crippen MR) is 92.3 cm³/mol. The number of hydrogen-bond acceptors (Lipinski definition) is 2. The van der Waals surface area contributed by atoms with Crippen molar-refractivity contribution in [1.82, 2.24) is 9.13 Å². The van der Waals surface area contributed by atoms with Gasteiger partial charge in [0.2, 0.25) is 0 Å². The van der Waals surface area contributed by atoms with Crippen LogP contribution in [-0.2, 0) is 13.0 Å². The molecular weight excluding hydrogens is 288 g/mol. The summed E-state index contributed by atoms with van der Waals surface area (Å²) in [4.78, 5) is 24.9. The molecule has 4 nitrogen and oxygen atoms in total. The second-order valence-electron chi connectivity index (χ2n) is 6.46. The van der Waals surface area contributed by atoms with Gasteiger partial charge in [-0.15, -0.1) is 0 Å². The number of rotatable bonds is 4. The van der Waals surface area contributed by atoms with Crippen molar-refractivity contribution in [3.05, 3.63) is 62.9 Å². The van der Waals surface area contributed by atoms with Gasteiger partial charge in [-0.25, -0.2) is 0 Å². The molecule has 1 aromatic carbocycles. The fourth-order valence-electron chi connectivity index (χ4n) is 3.43. The first-order valence-electron chi connectivity index (χ1n) is 8.60. The van der Waals surface area contributed by atoms with Crippen molar-refractivity contribution in [2.24, 2.45) is 5.92 Å². The molecule has 1 aliphatic carbocycles. The van der Waals surface area contributed by atoms with E-state index in [-0.39, 0.29) is 0 Å². The van der Waals surface area contributed by atoms with Gasteiger partial charge >= 0.3 is 11.1 Å². The van der Waals surface area contributed by atoms with Gasteiger partial charge in [0.05, 0.1) is 0 Å². The van der Waals surface area contributed by atoms with Gasteiger partial charge in [-0.2, -0.15) is 0 Å². The van der Waals surface area contributed by atoms with E-state index < -0.39 is 11.1 Å². The maximum atomic E-state index is 12.5. The quantitative estimate of drug-likeness (QED) is 0.814. The molecule has 23 heavy (non-hydrogen) atoms. The number of benzene rings is 1. The largest absolute Gasteiger partial charge is 0.320 e. The van der Waals surface area contributed by atoms with Gasteiger partial charge in [0.25, 0.3) is 0 Å². The van der Waals surface area contributed by atoms with E-state index in [0.717, 1.165) is 30.5 Å². The molecule has 0 N–H and O–H groups in total. The highest BCUT2D eigenvalue weighted by Gasteiger charge is 2.15. The van der Waals surface area contributed by atoms with Gasteiger partial charge in [0.1, 0.15) is 0 Å². The van der Waals surface area contributed by atoms with E-state index in [9.17, 15) is 9.59 Å². The maximum absolute atomic E-state index is 12.5. The van der Waals surface area contributed by atoms with Crippen LogP contribution >= 0.6 is 0 Å². The molecule has 4 heteroatoms. The molecule has 0 atom stereocenters. The van der Waals surface area contributed by atoms with E-state index in [2.05, 4.69) is 6.92 Å². The van der Waals surface area contributed by atoms with Gasteiger partial charge in [-0.05, 0) is 42.9 Å². The topological polar surface area (TPSA) is 44.0 Å². The van der Waals surface area contributed by atoms with Crippen LogP contribution in [0.5, 0.6) is 0 Å². The molecule has 2 aromatic rings. The standard InChI is InChI=1S/C19H24N2O2/c1-2-15-9-6-10-17(13-15)21-12-11-20(18(22)19(21)23)14-16-7-4-3-5-8-16/h6,9-13,16H,2-5,7-8,14H2,1H3. The molecule has 0 unspecified atom stereocenters. The molecule has 3 rings (SSSR count). The highest BCUT2D eigenvalue weighted by atomic mass is 16.2. The lowest BCUT2D eigenvalue weighted by molar-refractivity contribution is 0.315. The average molecular weight is 312 g/mol. The van der Waals surface area contributed by atoms with Crippen LogP contribution in [0.25, 0.3) is 5.69 Å². The number of hydrogen-bond donors (Lipinski definition) is 0. The Hall–Kier alpha value is -2.10. The third kappa shape index (κ3) is 3.46. The van der Waals surface area contributed by atoms with Crippen molar-refractivity contribution in [1.29, 1.82) is 0 Å². The Morgan fingerprint density at radius 2 is 1.83 bits per heavy atom. The fourth-order valence-corrected chi connectivity index (χ4v) is 3.43. The molecule has 0 radical (unpaired) electrons. The van der Waals surface area contributed by atoms with Gasteiger partial charge in [-0.3, -0.25) is 14.2 Å². The maximum Gasteiger partial charge on any atom is 0.320 e. The second kappa shape index (κ2) is 6.99. The van der Waals surface area contributed by atoms with Crippen LogP contribution in [0.15, 0.2) is 46.2 Å². The van der Waals surface area contributed by atoms with Crippen molar-refractivity contribution in [3.63, 3.8) is 0 Å². The highest BCUT2D eigenvalue weighted by Crippen LogP contribution is 2.24. The Bertz CT molecular complexity index is 782. The Balaban J connectivity index is 1.91. The molecule has 1 heterocycles. The molecule has 1 aliphatic rings. The van der Waals surface area contributed by atoms with E-state index in [1.807, 2.05) is 24.3 Å². The van der Waals surface area contributed by atoms with Crippen LogP contribution in [0.1, 0.15) is 44.6 Å². The molecule has 122 valence electrons. The van der Waals surface area contributed by atoms with Crippen LogP contribution in [0, 0.1) is 5.92 Å². The zero-order valence-corrected chi connectivity index (χ0v) is 13.7. The van der Waals surface area contributed by atoms with Gasteiger partial charge in [0.15, 0.2) is 0 Å². The summed E-state index contributed by atoms with van der Waals surface area (Å²) in [5, 5.41) is 0. The lowest BCUT2D eigenvalue weighted by Crippen LogP contribution is -2.41. The van der Waals surface area contributed by atoms with Crippen LogP contribution < -0.4 is 11.1 Å². The lowest BCUT2D eigenvalue weighted by Gasteiger charge is -2.22. The Morgan fingerprint density at radius 3 is 2.57 bits per heavy atom. The Morgan fingerprint density at radius 1 is 1.04 bits per heavy atom. The molecule has 1 fully saturated rings. The molecular formula is C19H24N2O2. The van der Waals surface area contributed by atoms with Gasteiger partial charge in [0, 0.05) is 24.6 Å². The third-order valence-corrected chi connectivity index (χ3v) is 4.83. The van der Waals surface area contributed by atoms with Gasteiger partial charge < -0.3 is 4.57 Å². The summed E-state index contributed by atoms with van der Waals surface area (Å²) < 4.78 is 3.05. The minimum absolute atomic E-state index is 0.417. The summed E-state index contributed by atoms with van der Waals surface area (Å²) in [5.41, 5.74) is 1.04. The lowest BCUT2D eigenvalue weighted by atomic mass is 9.89. The summed E-state index contributed by atoms with van der Waals surface area (Å²) in [6.45, 7) is 2.74. The zero-order valence-electron chi connectivity index (χ0n) is 13.7. The number of aryl methyl sites for hydroxylation is 1. The first-order valence-corrected chi connectivity index (χ1v) is 8.60. The molecule has 1 aromatic heterocycles. The summed E-state index contributed by atoms with van der Waals surface area (Å²) in [6.07, 6.45) is 10.5. The Labute approximate surface area is 136 Å². The van der Waals surface area contributed by atoms with Crippen molar-refractivity contribution in [2.75, 3.05) is 0 Å². The van der Waals surface area contributed by atoms with Crippen LogP contribution in [-0.4, -0.2) is 9.13 Å². The molecule has 0 spiro atoms. The summed E-state index contributed by atoms with van der Waals surface area (Å²) in [5.74, 6) is 0.528. The third-order valence-electron chi connectivity index (χ3n) is 4.83. The first kappa shape index (κ1) is 15.8. The van der Waals surface area contributed by atoms with E-state index >= 15 is 0 Å². The highest BCUT2D eigenvalue weighted by molar-refractivity contribution is 5.35. The average Bonchev–Trinajstić information content (AvgIpc) is 2.60. The number of nitrogens with zero attached hydrogens (tertiary/aromatic N) is 2. The van der Waals surface area contributed by atoms with Gasteiger partial charge in [-0.1, -0.05) is 38.3 Å². The molecule has 0 aliphatic heterocycles. The summed E-state index contributed by atoms with van der Waals surface area (Å²) in [6, 6.07) is 7.78. The predicted octanol–water partition coefficient (Wildman–Crippen LogP) is 3.14. The normalized spacial score (nSPS) is 15.7. The van der Waals surface area contributed by atoms with Crippen LogP contribution in [0.4, 0.5) is 0 Å². The minimum atomic E-state index is -0.462. The zero-order chi connectivity index (χ0) is 16.2. The first-order chi connectivity index (χ1) is 11.2. The minimum Gasteiger partial charge on any atom is -0.309 e. The van der Waals surface area contributed by atoms with Crippen LogP contribution in [0.3, 0.4) is 0 Å². The van der Waals surface area contributed by atoms with Crippen LogP contribution in [0.2, 0.25) is 0 Å². The van der Waals surface area contributed by atoms with E-state index in [1.165, 1.54) is 23.8 Å². The van der Waals surface area contributed by atoms with Crippen molar-refractivity contribution < 1.29 is 0 Å². The number of aromatic nitrogens is 2. The van der Waals surface area contributed by atoms with Crippen molar-refractivity contribution >= 4 is 0 Å². The second-order valence-corrected chi connectivity index (χ2v) is 6.46. The molecule has 0 saturated heterocycles.